The van der Waals surface area contributed by atoms with Crippen molar-refractivity contribution >= 4 is 47.0 Å². The van der Waals surface area contributed by atoms with E-state index in [9.17, 15) is 126 Å². The third kappa shape index (κ3) is 21.0. The van der Waals surface area contributed by atoms with Gasteiger partial charge < -0.3 is 188 Å². The summed E-state index contributed by atoms with van der Waals surface area (Å²) in [6, 6.07) is -1.18. The molecule has 0 spiro atoms. The molecule has 21 aliphatic heterocycles. The van der Waals surface area contributed by atoms with Crippen LogP contribution in [0, 0.1) is 5.92 Å². The van der Waals surface area contributed by atoms with E-state index in [-0.39, 0.29) is 62.3 Å². The highest BCUT2D eigenvalue weighted by Crippen LogP contribution is 2.40. The minimum absolute atomic E-state index is 0.0645. The Morgan fingerprint density at radius 2 is 0.602 bits per heavy atom. The van der Waals surface area contributed by atoms with Gasteiger partial charge in [-0.05, 0) is 14.0 Å². The number of ether oxygens (including phenoxy) is 16. The second-order valence-corrected chi connectivity index (χ2v) is 27.9. The van der Waals surface area contributed by atoms with Gasteiger partial charge in [0, 0.05) is 42.3 Å². The Labute approximate surface area is 595 Å². The van der Waals surface area contributed by atoms with Gasteiger partial charge in [-0.1, -0.05) is 0 Å². The van der Waals surface area contributed by atoms with Crippen LogP contribution in [0.1, 0.15) is 26.2 Å². The van der Waals surface area contributed by atoms with E-state index in [1.807, 2.05) is 0 Å². The number of aliphatic carboxylic acids is 2. The Morgan fingerprint density at radius 3 is 0.845 bits per heavy atom. The van der Waals surface area contributed by atoms with Crippen LogP contribution in [-0.4, -0.2) is 441 Å². The molecule has 21 rings (SSSR count). The van der Waals surface area contributed by atoms with E-state index in [1.165, 1.54) is 14.0 Å². The molecule has 44 heteroatoms. The van der Waals surface area contributed by atoms with Crippen molar-refractivity contribution in [2.24, 2.45) is 5.92 Å². The molecule has 0 saturated carbocycles. The molecule has 103 heavy (non-hydrogen) atoms. The Hall–Kier alpha value is -2.46. The zero-order chi connectivity index (χ0) is 75.4. The molecule has 0 aromatic carbocycles. The summed E-state index contributed by atoms with van der Waals surface area (Å²) in [6.45, 7) is -3.91. The molecule has 21 saturated heterocycles. The minimum atomic E-state index is -2.31. The Balaban J connectivity index is 1.08. The van der Waals surface area contributed by atoms with Gasteiger partial charge in [0.2, 0.25) is 0 Å². The van der Waals surface area contributed by atoms with Crippen LogP contribution in [0.3, 0.4) is 0 Å². The van der Waals surface area contributed by atoms with Crippen LogP contribution in [0.15, 0.2) is 0 Å². The molecule has 21 fully saturated rings. The highest BCUT2D eigenvalue weighted by molar-refractivity contribution is 7.99. The highest BCUT2D eigenvalue weighted by atomic mass is 32.2. The number of carboxylic acid groups (broad SMARTS) is 2. The molecule has 42 nitrogen and oxygen atoms in total. The number of rotatable bonds is 27. The number of aliphatic hydroxyl groups excluding tert-OH is 19. The van der Waals surface area contributed by atoms with E-state index in [0.717, 1.165) is 23.5 Å². The monoisotopic (exact) mass is 1540 g/mol. The zero-order valence-electron chi connectivity index (χ0n) is 55.5. The quantitative estimate of drug-likeness (QED) is 0.0340. The molecule has 0 aliphatic carbocycles. The lowest BCUT2D eigenvalue weighted by Gasteiger charge is -2.50. The second kappa shape index (κ2) is 40.0. The van der Waals surface area contributed by atoms with Crippen LogP contribution < -0.4 is 5.32 Å². The largest absolute Gasteiger partial charge is 0.481 e. The number of ketones is 2. The van der Waals surface area contributed by atoms with Crippen molar-refractivity contribution in [1.29, 1.82) is 0 Å². The standard InChI is InChI=1S/C59H97NO41S2/c1-19(66)3-5-86-7-8-87-6-4-21(67)9-20(51(82)83)15-102-17-28-49-35(73)42(80)58(93-28)98-47-26(13-64)89-55(38(76)31(47)69)97-46-25(12-63)92-57(41(79)34(46)72)101-50-29(18-103-16-22(60-2)52(84)85)94-59(43(81)36(50)74)99-48-27(14-65)90-54(39(77)32(48)70)95-44-23(10-61)88-53(37(75)30(44)68)96-45-24(11-62)91-56(100-49)40(78)33(45)71/h20,22-50,53-65,68-81H,3-18H2,1-2H3,(H,82,83)(H,84,85)/t20-,22-,23?,24?,25?,26?,27?,28?,29?,30-,31-,32-,33-,34-,35-,36-,37+,38?,39+,40?,41?,42?,43?,44-,45-,46-,47-,48-,49-,50-,53?,54?,55+,56-,57+,58-,59+/m1/s1. The minimum Gasteiger partial charge on any atom is -0.481 e. The summed E-state index contributed by atoms with van der Waals surface area (Å²) in [5.41, 5.74) is 0. The maximum atomic E-state index is 13.0. The molecule has 21 aliphatic rings. The number of hydrogen-bond donors (Lipinski definition) is 22. The molecule has 0 amide bonds. The smallest absolute Gasteiger partial charge is 0.321 e. The third-order valence-electron chi connectivity index (χ3n) is 18.6. The van der Waals surface area contributed by atoms with Crippen molar-refractivity contribution in [2.45, 2.75) is 247 Å². The Bertz CT molecular complexity index is 2610. The third-order valence-corrected chi connectivity index (χ3v) is 20.9. The molecular weight excluding hydrogens is 1440 g/mol. The van der Waals surface area contributed by atoms with Crippen LogP contribution in [0.4, 0.5) is 0 Å². The maximum absolute atomic E-state index is 13.0. The van der Waals surface area contributed by atoms with Crippen molar-refractivity contribution in [2.75, 3.05) is 89.5 Å². The fourth-order valence-electron chi connectivity index (χ4n) is 12.6. The fraction of sp³-hybridized carbons (Fsp3) is 0.932. The highest BCUT2D eigenvalue weighted by Gasteiger charge is 2.60. The van der Waals surface area contributed by atoms with Gasteiger partial charge in [0.25, 0.3) is 0 Å². The first-order valence-corrected chi connectivity index (χ1v) is 35.5. The molecule has 596 valence electrons. The maximum Gasteiger partial charge on any atom is 0.321 e. The van der Waals surface area contributed by atoms with Crippen LogP contribution in [0.25, 0.3) is 0 Å². The summed E-state index contributed by atoms with van der Waals surface area (Å²) in [5, 5.41) is 239. The van der Waals surface area contributed by atoms with Crippen LogP contribution in [0.5, 0.6) is 0 Å². The predicted molar refractivity (Wildman–Crippen MR) is 332 cm³/mol. The first kappa shape index (κ1) is 86.1. The van der Waals surface area contributed by atoms with E-state index in [2.05, 4.69) is 5.32 Å². The molecule has 22 N–H and O–H groups in total. The van der Waals surface area contributed by atoms with E-state index in [0.29, 0.717) is 0 Å². The van der Waals surface area contributed by atoms with Crippen LogP contribution >= 0.6 is 23.5 Å². The molecule has 14 bridgehead atoms. The van der Waals surface area contributed by atoms with Crippen LogP contribution in [-0.2, 0) is 95.0 Å². The first-order valence-electron chi connectivity index (χ1n) is 33.2. The first-order chi connectivity index (χ1) is 49.0. The van der Waals surface area contributed by atoms with Crippen molar-refractivity contribution in [1.82, 2.24) is 5.32 Å². The molecule has 21 heterocycles. The number of likely N-dealkylation sites (N-methyl/N-ethyl adjacent to an activating group) is 1. The van der Waals surface area contributed by atoms with E-state index in [4.69, 9.17) is 75.8 Å². The van der Waals surface area contributed by atoms with E-state index in [1.54, 1.807) is 0 Å². The molecule has 37 atom stereocenters. The number of thioether (sulfide) groups is 2. The summed E-state index contributed by atoms with van der Waals surface area (Å²) in [6.07, 6.45) is -73.1. The molecular formula is C59H97NO41S2. The van der Waals surface area contributed by atoms with Crippen molar-refractivity contribution in [3.8, 4) is 0 Å². The number of carboxylic acids is 2. The SMILES string of the molecule is CN[C@H](CSCC1O[C@H]2O[C@@H]3C(CO)OC(O[C@@H]4C(CO)OC(O[C@@H]5C(CO)O[C@H](O[C@@H]6C(CSC[C@@H](CC(=O)CCOCCOCCC(C)=O)C(=O)O)O[C@H](O[C@@H]7C(CO)O[C@@H](O[C@@H]8C(CO)O[C@@H](O[C@H]1[C@H](O)C2O)C(O)[C@H]8O)C(O)[C@H]7O)C(O)[C@H]6O)C(O)[C@H]5O)[C@@H](O)[C@H]4O)[C@@H](O)[C@H]3O)C(=O)O. The van der Waals surface area contributed by atoms with Gasteiger partial charge >= 0.3 is 11.9 Å². The van der Waals surface area contributed by atoms with E-state index >= 15 is 0 Å². The summed E-state index contributed by atoms with van der Waals surface area (Å²) in [4.78, 5) is 48.7. The number of nitrogens with one attached hydrogen (secondary N) is 1. The van der Waals surface area contributed by atoms with E-state index < -0.39 is 290 Å². The average molecular weight is 1540 g/mol. The summed E-state index contributed by atoms with van der Waals surface area (Å²) in [5.74, 6) is -6.08. The van der Waals surface area contributed by atoms with Crippen molar-refractivity contribution in [3.63, 3.8) is 0 Å². The second-order valence-electron chi connectivity index (χ2n) is 25.7. The van der Waals surface area contributed by atoms with Crippen molar-refractivity contribution < 1.29 is 202 Å². The fourth-order valence-corrected chi connectivity index (χ4v) is 15.0. The lowest BCUT2D eigenvalue weighted by molar-refractivity contribution is -0.395. The van der Waals surface area contributed by atoms with Gasteiger partial charge in [-0.25, -0.2) is 0 Å². The molecule has 0 aromatic heterocycles. The Morgan fingerprint density at radius 1 is 0.350 bits per heavy atom. The number of carbonyl (C=O) groups is 4. The Kier molecular flexibility index (Phi) is 33.4. The van der Waals surface area contributed by atoms with Gasteiger partial charge in [-0.3, -0.25) is 19.2 Å². The average Bonchev–Trinajstić information content (AvgIpc) is 0.785. The summed E-state index contributed by atoms with van der Waals surface area (Å²) in [7, 11) is 1.35. The van der Waals surface area contributed by atoms with Gasteiger partial charge in [0.05, 0.1) is 77.6 Å². The zero-order valence-corrected chi connectivity index (χ0v) is 57.2. The van der Waals surface area contributed by atoms with Gasteiger partial charge in [-0.2, -0.15) is 23.5 Å². The molecule has 0 aromatic rings. The normalized spacial score (nSPS) is 44.9. The summed E-state index contributed by atoms with van der Waals surface area (Å²) < 4.78 is 93.3. The lowest BCUT2D eigenvalue weighted by Crippen LogP contribution is -2.68. The topological polar surface area (TPSA) is 653 Å². The molecule has 0 radical (unpaired) electrons. The number of hydrogen-bond acceptors (Lipinski definition) is 42. The van der Waals surface area contributed by atoms with Gasteiger partial charge in [-0.15, -0.1) is 0 Å². The molecule has 14 unspecified atom stereocenters. The van der Waals surface area contributed by atoms with Crippen molar-refractivity contribution in [3.05, 3.63) is 0 Å². The number of Topliss-reactive ketones (excluding diaryl/α,β-unsaturated/α-hetero) is 2. The summed E-state index contributed by atoms with van der Waals surface area (Å²) >= 11 is 1.66. The van der Waals surface area contributed by atoms with Gasteiger partial charge in [0.15, 0.2) is 44.0 Å². The van der Waals surface area contributed by atoms with Crippen LogP contribution in [0.2, 0.25) is 0 Å². The number of aliphatic hydroxyl groups is 19. The predicted octanol–water partition coefficient (Wildman–Crippen LogP) is -13.0. The van der Waals surface area contributed by atoms with Gasteiger partial charge in [0.1, 0.15) is 176 Å². The number of carbonyl (C=O) groups excluding carboxylic acids is 2. The lowest BCUT2D eigenvalue weighted by atomic mass is 9.95.